The molecule has 1 aliphatic rings. The number of carbonyl (C=O) groups excluding carboxylic acids is 1. The third kappa shape index (κ3) is 6.72. The highest BCUT2D eigenvalue weighted by molar-refractivity contribution is 8.53. The van der Waals surface area contributed by atoms with Crippen LogP contribution in [0.1, 0.15) is 32.6 Å². The van der Waals surface area contributed by atoms with Crippen molar-refractivity contribution in [2.45, 2.75) is 32.6 Å². The molecule has 0 saturated heterocycles. The Hall–Kier alpha value is -4.95. The van der Waals surface area contributed by atoms with Crippen molar-refractivity contribution in [1.82, 2.24) is 0 Å². The summed E-state index contributed by atoms with van der Waals surface area (Å²) in [5.41, 5.74) is 6.21. The second kappa shape index (κ2) is 14.6. The molecular weight excluding hydrogens is 722 g/mol. The van der Waals surface area contributed by atoms with Crippen molar-refractivity contribution in [2.24, 2.45) is 0 Å². The molecule has 10 nitrogen and oxygen atoms in total. The van der Waals surface area contributed by atoms with Gasteiger partial charge in [0.05, 0.1) is 34.0 Å². The Labute approximate surface area is 307 Å². The Morgan fingerprint density at radius 2 is 1.02 bits per heavy atom. The van der Waals surface area contributed by atoms with Crippen LogP contribution in [0.2, 0.25) is 0 Å². The van der Waals surface area contributed by atoms with Crippen LogP contribution in [0.15, 0.2) is 86.1 Å². The first-order chi connectivity index (χ1) is 25.1. The van der Waals surface area contributed by atoms with Gasteiger partial charge in [-0.3, -0.25) is 0 Å². The fourth-order valence-electron chi connectivity index (χ4n) is 6.04. The second-order valence-electron chi connectivity index (χ2n) is 12.1. The van der Waals surface area contributed by atoms with Gasteiger partial charge in [0.2, 0.25) is 0 Å². The first-order valence-electron chi connectivity index (χ1n) is 16.2. The maximum absolute atomic E-state index is 13.0. The van der Waals surface area contributed by atoms with Crippen molar-refractivity contribution in [3.05, 3.63) is 101 Å². The zero-order valence-corrected chi connectivity index (χ0v) is 32.4. The lowest BCUT2D eigenvalue weighted by Gasteiger charge is -2.25. The Morgan fingerprint density at radius 1 is 0.558 bits per heavy atom. The minimum absolute atomic E-state index is 0.429. The number of hydrogen-bond acceptors (Lipinski definition) is 11. The van der Waals surface area contributed by atoms with Gasteiger partial charge in [0, 0.05) is 26.8 Å². The van der Waals surface area contributed by atoms with E-state index in [0.717, 1.165) is 37.9 Å². The van der Waals surface area contributed by atoms with Crippen LogP contribution in [0.25, 0.3) is 33.1 Å². The molecule has 268 valence electrons. The van der Waals surface area contributed by atoms with Gasteiger partial charge in [0.1, 0.15) is 45.7 Å². The van der Waals surface area contributed by atoms with Gasteiger partial charge in [0.25, 0.3) is 0 Å². The zero-order valence-electron chi connectivity index (χ0n) is 29.8. The molecule has 52 heavy (non-hydrogen) atoms. The molecule has 13 heteroatoms. The van der Waals surface area contributed by atoms with Gasteiger partial charge >= 0.3 is 21.8 Å². The summed E-state index contributed by atoms with van der Waals surface area (Å²) < 4.78 is 55.3. The summed E-state index contributed by atoms with van der Waals surface area (Å²) >= 11 is 1.38. The highest BCUT2D eigenvalue weighted by Crippen LogP contribution is 2.61. The zero-order chi connectivity index (χ0) is 36.7. The van der Waals surface area contributed by atoms with Crippen molar-refractivity contribution in [2.75, 3.05) is 28.4 Å². The lowest BCUT2D eigenvalue weighted by Crippen LogP contribution is -2.09. The number of benzene rings is 5. The first kappa shape index (κ1) is 35.5. The van der Waals surface area contributed by atoms with Gasteiger partial charge < -0.3 is 40.9 Å². The molecule has 5 aromatic carbocycles. The number of carbonyl (C=O) groups is 1. The lowest BCUT2D eigenvalue weighted by molar-refractivity contribution is 0.0740. The fraction of sp³-hybridized carbons (Fsp3) is 0.205. The number of fused-ring (bicyclic) bond motifs is 4. The van der Waals surface area contributed by atoms with E-state index >= 15 is 0 Å². The largest absolute Gasteiger partial charge is 0.497 e. The molecule has 1 unspecified atom stereocenters. The normalized spacial score (nSPS) is 13.7. The maximum Gasteiger partial charge on any atom is 0.453 e. The van der Waals surface area contributed by atoms with E-state index in [-0.39, 0.29) is 0 Å². The molecule has 1 aliphatic heterocycles. The van der Waals surface area contributed by atoms with Gasteiger partial charge in [-0.15, -0.1) is 0 Å². The number of hydrogen-bond donors (Lipinski definition) is 0. The molecule has 0 radical (unpaired) electrons. The van der Waals surface area contributed by atoms with Crippen LogP contribution in [-0.4, -0.2) is 34.4 Å². The monoisotopic (exact) mass is 758 g/mol. The minimum Gasteiger partial charge on any atom is -0.497 e. The maximum atomic E-state index is 13.0. The smallest absolute Gasteiger partial charge is 0.453 e. The molecule has 0 amide bonds. The molecule has 1 atom stereocenters. The summed E-state index contributed by atoms with van der Waals surface area (Å²) in [6.07, 6.45) is 0. The Kier molecular flexibility index (Phi) is 9.94. The van der Waals surface area contributed by atoms with Crippen LogP contribution < -0.4 is 28.0 Å². The van der Waals surface area contributed by atoms with Gasteiger partial charge in [-0.25, -0.2) is 4.79 Å². The summed E-state index contributed by atoms with van der Waals surface area (Å²) in [6.45, 7) is 7.75. The average molecular weight is 759 g/mol. The van der Waals surface area contributed by atoms with E-state index in [1.165, 1.54) is 11.4 Å². The second-order valence-corrected chi connectivity index (χ2v) is 15.9. The van der Waals surface area contributed by atoms with Crippen molar-refractivity contribution in [3.8, 4) is 45.6 Å². The number of rotatable bonds is 9. The van der Waals surface area contributed by atoms with E-state index in [1.807, 2.05) is 94.4 Å². The number of ether oxygens (including phenoxy) is 4. The van der Waals surface area contributed by atoms with E-state index in [4.69, 9.17) is 40.9 Å². The molecule has 2 heterocycles. The van der Waals surface area contributed by atoms with Gasteiger partial charge in [-0.05, 0) is 122 Å². The van der Waals surface area contributed by atoms with Crippen molar-refractivity contribution in [3.63, 3.8) is 0 Å². The van der Waals surface area contributed by atoms with E-state index in [2.05, 4.69) is 0 Å². The van der Waals surface area contributed by atoms with E-state index in [9.17, 15) is 4.79 Å². The van der Waals surface area contributed by atoms with E-state index in [1.54, 1.807) is 34.5 Å². The quantitative estimate of drug-likeness (QED) is 0.131. The summed E-state index contributed by atoms with van der Waals surface area (Å²) in [4.78, 5) is 13.8. The Bertz CT molecular complexity index is 2340. The third-order valence-corrected chi connectivity index (χ3v) is 12.4. The third-order valence-electron chi connectivity index (χ3n) is 8.62. The summed E-state index contributed by atoms with van der Waals surface area (Å²) in [6, 6.07) is 22.5. The molecule has 0 bridgehead atoms. The predicted molar refractivity (Wildman–Crippen MR) is 205 cm³/mol. The first-order valence-corrected chi connectivity index (χ1v) is 19.9. The van der Waals surface area contributed by atoms with E-state index in [0.29, 0.717) is 62.4 Å². The van der Waals surface area contributed by atoms with Crippen molar-refractivity contribution >= 4 is 55.1 Å². The molecule has 1 aromatic heterocycles. The summed E-state index contributed by atoms with van der Waals surface area (Å²) in [5.74, 6) is 3.11. The highest BCUT2D eigenvalue weighted by Gasteiger charge is 2.32. The Morgan fingerprint density at radius 3 is 1.54 bits per heavy atom. The van der Waals surface area contributed by atoms with Crippen molar-refractivity contribution in [1.29, 1.82) is 0 Å². The van der Waals surface area contributed by atoms with E-state index < -0.39 is 21.8 Å². The average Bonchev–Trinajstić information content (AvgIpc) is 3.30. The van der Waals surface area contributed by atoms with Crippen LogP contribution in [0.3, 0.4) is 0 Å². The molecular formula is C39H36O10P2S. The molecule has 7 rings (SSSR count). The molecule has 0 spiro atoms. The highest BCUT2D eigenvalue weighted by atomic mass is 32.7. The molecule has 0 fully saturated rings. The number of aryl methyl sites for hydroxylation is 4. The Balaban J connectivity index is 1.42. The van der Waals surface area contributed by atoms with Crippen LogP contribution in [0, 0.1) is 27.7 Å². The molecule has 0 N–H and O–H groups in total. The molecule has 0 saturated carbocycles. The fourth-order valence-corrected chi connectivity index (χ4v) is 10.2. The summed E-state index contributed by atoms with van der Waals surface area (Å²) in [7, 11) is 2.64. The number of methoxy groups -OCH3 is 4. The minimum atomic E-state index is -2.09. The predicted octanol–water partition coefficient (Wildman–Crippen LogP) is 11.6. The summed E-state index contributed by atoms with van der Waals surface area (Å²) in [5, 5.41) is 1.58. The van der Waals surface area contributed by atoms with Gasteiger partial charge in [-0.1, -0.05) is 12.1 Å². The standard InChI is InChI=1S/C39H36O10P2S/c1-21-13-25(41-5)17-30-31-18-26(42-6)14-22(2)36(31)46-50(45-35(21)30)47-37-23(3)15-27(43-7)19-32(37)33-20-28(44-8)16-24(4)38(33)48-51-49-39(40)29-11-9-10-12-34(29)52-51/h9-20H,1-8H3. The molecule has 6 aromatic rings. The SMILES string of the molecule is COc1cc(C)c(OP2OC(=O)c3ccccc3S2)c(-c2cc(OC)cc(C)c2Op2oc3c(C)cc(OC)cc3c3cc(OC)cc(C)c3o2)c1. The van der Waals surface area contributed by atoms with Crippen LogP contribution in [-0.2, 0) is 4.52 Å². The van der Waals surface area contributed by atoms with Gasteiger partial charge in [-0.2, -0.15) is 0 Å². The van der Waals surface area contributed by atoms with Crippen LogP contribution >= 0.6 is 27.2 Å². The van der Waals surface area contributed by atoms with Gasteiger partial charge in [0.15, 0.2) is 0 Å². The van der Waals surface area contributed by atoms with Crippen molar-refractivity contribution < 1.29 is 45.7 Å². The van der Waals surface area contributed by atoms with Crippen LogP contribution in [0.5, 0.6) is 34.5 Å². The van der Waals surface area contributed by atoms with Crippen LogP contribution in [0.4, 0.5) is 0 Å². The molecule has 0 aliphatic carbocycles. The topological polar surface area (TPSA) is 108 Å². The lowest BCUT2D eigenvalue weighted by atomic mass is 9.98.